The van der Waals surface area contributed by atoms with E-state index in [1.165, 1.54) is 12.1 Å². The van der Waals surface area contributed by atoms with E-state index >= 15 is 0 Å². The number of benzene rings is 2. The minimum Gasteiger partial charge on any atom is -0.352 e. The fraction of sp³-hybridized carbons (Fsp3) is 0.167. The van der Waals surface area contributed by atoms with Crippen LogP contribution in [0.15, 0.2) is 53.7 Å². The minimum absolute atomic E-state index is 0.0109. The zero-order valence-electron chi connectivity index (χ0n) is 14.2. The van der Waals surface area contributed by atoms with Gasteiger partial charge in [-0.25, -0.2) is 17.7 Å². The first kappa shape index (κ1) is 17.2. The molecule has 0 saturated carbocycles. The van der Waals surface area contributed by atoms with Gasteiger partial charge >= 0.3 is 0 Å². The number of aromatic nitrogens is 2. The highest BCUT2D eigenvalue weighted by molar-refractivity contribution is 7.90. The maximum absolute atomic E-state index is 12.4. The molecule has 138 valence electrons. The van der Waals surface area contributed by atoms with Crippen LogP contribution >= 0.6 is 0 Å². The number of hydrogen-bond donors (Lipinski definition) is 2. The van der Waals surface area contributed by atoms with Crippen LogP contribution in [0.5, 0.6) is 0 Å². The predicted octanol–water partition coefficient (Wildman–Crippen LogP) is 1.41. The maximum Gasteiger partial charge on any atom is 0.269 e. The summed E-state index contributed by atoms with van der Waals surface area (Å²) in [5, 5.41) is 2.74. The lowest BCUT2D eigenvalue weighted by atomic mass is 10.2. The summed E-state index contributed by atoms with van der Waals surface area (Å²) < 4.78 is 25.7. The van der Waals surface area contributed by atoms with Crippen molar-refractivity contribution in [1.29, 1.82) is 0 Å². The molecule has 0 bridgehead atoms. The molecule has 9 heteroatoms. The van der Waals surface area contributed by atoms with Gasteiger partial charge in [0.25, 0.3) is 15.9 Å². The number of fused-ring (bicyclic) bond motifs is 2. The first-order valence-corrected chi connectivity index (χ1v) is 9.75. The lowest BCUT2D eigenvalue weighted by molar-refractivity contribution is -0.121. The average Bonchev–Trinajstić information content (AvgIpc) is 3.20. The molecule has 1 aliphatic rings. The Morgan fingerprint density at radius 3 is 2.81 bits per heavy atom. The third-order valence-corrected chi connectivity index (χ3v) is 6.27. The third-order valence-electron chi connectivity index (χ3n) is 4.43. The van der Waals surface area contributed by atoms with Crippen LogP contribution in [0.4, 0.5) is 0 Å². The Morgan fingerprint density at radius 2 is 2.00 bits per heavy atom. The van der Waals surface area contributed by atoms with Crippen LogP contribution in [-0.2, 0) is 21.4 Å². The van der Waals surface area contributed by atoms with Crippen molar-refractivity contribution in [3.05, 3.63) is 59.9 Å². The molecule has 3 aromatic rings. The minimum atomic E-state index is -3.88. The van der Waals surface area contributed by atoms with Crippen molar-refractivity contribution < 1.29 is 18.0 Å². The summed E-state index contributed by atoms with van der Waals surface area (Å²) in [6.45, 7) is 0.107. The van der Waals surface area contributed by atoms with E-state index < -0.39 is 15.9 Å². The second-order valence-corrected chi connectivity index (χ2v) is 7.99. The molecule has 0 atom stereocenters. The van der Waals surface area contributed by atoms with Crippen molar-refractivity contribution in [2.45, 2.75) is 17.9 Å². The van der Waals surface area contributed by atoms with Gasteiger partial charge < -0.3 is 10.3 Å². The second kappa shape index (κ2) is 6.51. The Balaban J connectivity index is 1.37. The summed E-state index contributed by atoms with van der Waals surface area (Å²) in [5.41, 5.74) is 2.74. The number of amides is 2. The number of hydrogen-bond acceptors (Lipinski definition) is 5. The monoisotopic (exact) mass is 384 g/mol. The lowest BCUT2D eigenvalue weighted by Gasteiger charge is -2.14. The molecule has 0 fully saturated rings. The quantitative estimate of drug-likeness (QED) is 0.691. The molecule has 0 radical (unpaired) electrons. The molecule has 2 amide bonds. The van der Waals surface area contributed by atoms with Gasteiger partial charge in [0.1, 0.15) is 4.90 Å². The van der Waals surface area contributed by atoms with Crippen LogP contribution in [0, 0.1) is 0 Å². The van der Waals surface area contributed by atoms with E-state index in [2.05, 4.69) is 15.3 Å². The highest BCUT2D eigenvalue weighted by Crippen LogP contribution is 2.29. The molecule has 0 spiro atoms. The fourth-order valence-corrected chi connectivity index (χ4v) is 4.61. The van der Waals surface area contributed by atoms with Gasteiger partial charge in [-0.1, -0.05) is 18.2 Å². The van der Waals surface area contributed by atoms with Crippen molar-refractivity contribution in [2.75, 3.05) is 6.54 Å². The van der Waals surface area contributed by atoms with E-state index in [1.807, 2.05) is 18.2 Å². The van der Waals surface area contributed by atoms with Crippen LogP contribution in [0.25, 0.3) is 11.0 Å². The van der Waals surface area contributed by atoms with Crippen LogP contribution < -0.4 is 5.32 Å². The smallest absolute Gasteiger partial charge is 0.269 e. The van der Waals surface area contributed by atoms with Crippen LogP contribution in [0.3, 0.4) is 0 Å². The molecule has 2 aromatic carbocycles. The maximum atomic E-state index is 12.4. The third kappa shape index (κ3) is 3.06. The molecular formula is C18H16N4O4S. The van der Waals surface area contributed by atoms with Gasteiger partial charge in [-0.3, -0.25) is 9.59 Å². The van der Waals surface area contributed by atoms with E-state index in [0.717, 1.165) is 20.9 Å². The van der Waals surface area contributed by atoms with Crippen molar-refractivity contribution >= 4 is 32.9 Å². The molecule has 8 nitrogen and oxygen atoms in total. The summed E-state index contributed by atoms with van der Waals surface area (Å²) >= 11 is 0. The summed E-state index contributed by atoms with van der Waals surface area (Å²) in [7, 11) is -3.88. The van der Waals surface area contributed by atoms with Gasteiger partial charge in [0.2, 0.25) is 5.91 Å². The van der Waals surface area contributed by atoms with E-state index in [0.29, 0.717) is 6.54 Å². The number of rotatable bonds is 5. The molecule has 1 aromatic heterocycles. The highest BCUT2D eigenvalue weighted by atomic mass is 32.2. The average molecular weight is 384 g/mol. The number of carbonyl (C=O) groups excluding carboxylic acids is 2. The highest BCUT2D eigenvalue weighted by Gasteiger charge is 2.40. The van der Waals surface area contributed by atoms with Gasteiger partial charge in [0.15, 0.2) is 0 Å². The van der Waals surface area contributed by atoms with E-state index in [4.69, 9.17) is 0 Å². The largest absolute Gasteiger partial charge is 0.352 e. The van der Waals surface area contributed by atoms with E-state index in [9.17, 15) is 18.0 Å². The van der Waals surface area contributed by atoms with Crippen molar-refractivity contribution in [1.82, 2.24) is 19.6 Å². The number of sulfonamides is 1. The molecule has 1 aliphatic heterocycles. The number of carbonyl (C=O) groups is 2. The van der Waals surface area contributed by atoms with Crippen molar-refractivity contribution in [2.24, 2.45) is 0 Å². The first-order chi connectivity index (χ1) is 13.0. The van der Waals surface area contributed by atoms with Gasteiger partial charge in [-0.05, 0) is 29.8 Å². The summed E-state index contributed by atoms with van der Waals surface area (Å²) in [4.78, 5) is 31.5. The number of H-pyrrole nitrogens is 1. The van der Waals surface area contributed by atoms with Gasteiger partial charge in [-0.15, -0.1) is 0 Å². The molecule has 0 unspecified atom stereocenters. The Kier molecular flexibility index (Phi) is 4.15. The van der Waals surface area contributed by atoms with Crippen LogP contribution in [0.1, 0.15) is 22.3 Å². The van der Waals surface area contributed by atoms with Gasteiger partial charge in [0.05, 0.1) is 22.9 Å². The van der Waals surface area contributed by atoms with Crippen LogP contribution in [0.2, 0.25) is 0 Å². The SMILES string of the molecule is O=C(CCN1C(=O)c2ccccc2S1(=O)=O)NCc1ccc2nc[nH]c2c1. The fourth-order valence-electron chi connectivity index (χ4n) is 3.04. The van der Waals surface area contributed by atoms with E-state index in [-0.39, 0.29) is 29.3 Å². The molecule has 2 N–H and O–H groups in total. The second-order valence-electron chi connectivity index (χ2n) is 6.16. The van der Waals surface area contributed by atoms with Gasteiger partial charge in [0, 0.05) is 19.5 Å². The number of nitrogens with zero attached hydrogens (tertiary/aromatic N) is 2. The number of imidazole rings is 1. The zero-order valence-corrected chi connectivity index (χ0v) is 15.0. The summed E-state index contributed by atoms with van der Waals surface area (Å²) in [6.07, 6.45) is 1.49. The van der Waals surface area contributed by atoms with Crippen molar-refractivity contribution in [3.63, 3.8) is 0 Å². The molecule has 27 heavy (non-hydrogen) atoms. The Hall–Kier alpha value is -3.20. The number of nitrogens with one attached hydrogen (secondary N) is 2. The standard InChI is InChI=1S/C18H16N4O4S/c23-17(19-10-12-5-6-14-15(9-12)21-11-20-14)7-8-22-18(24)13-3-1-2-4-16(13)27(22,25)26/h1-6,9,11H,7-8,10H2,(H,19,23)(H,20,21). The molecule has 4 rings (SSSR count). The molecule has 0 saturated heterocycles. The number of aromatic amines is 1. The normalized spacial score (nSPS) is 15.1. The molecule has 2 heterocycles. The predicted molar refractivity (Wildman–Crippen MR) is 97.2 cm³/mol. The van der Waals surface area contributed by atoms with Crippen LogP contribution in [-0.4, -0.2) is 41.1 Å². The first-order valence-electron chi connectivity index (χ1n) is 8.31. The zero-order chi connectivity index (χ0) is 19.0. The lowest BCUT2D eigenvalue weighted by Crippen LogP contribution is -2.34. The van der Waals surface area contributed by atoms with Crippen molar-refractivity contribution in [3.8, 4) is 0 Å². The Morgan fingerprint density at radius 1 is 1.19 bits per heavy atom. The Bertz CT molecular complexity index is 1150. The summed E-state index contributed by atoms with van der Waals surface area (Å²) in [5.74, 6) is -0.929. The molecule has 0 aliphatic carbocycles. The summed E-state index contributed by atoms with van der Waals surface area (Å²) in [6, 6.07) is 11.6. The topological polar surface area (TPSA) is 112 Å². The molecular weight excluding hydrogens is 368 g/mol. The van der Waals surface area contributed by atoms with Gasteiger partial charge in [-0.2, -0.15) is 0 Å². The van der Waals surface area contributed by atoms with E-state index in [1.54, 1.807) is 18.5 Å². The Labute approximate surface area is 155 Å².